The van der Waals surface area contributed by atoms with Crippen molar-refractivity contribution in [3.8, 4) is 5.75 Å². The summed E-state index contributed by atoms with van der Waals surface area (Å²) in [7, 11) is 0. The van der Waals surface area contributed by atoms with Gasteiger partial charge in [0, 0.05) is 12.2 Å². The van der Waals surface area contributed by atoms with Crippen LogP contribution in [0.2, 0.25) is 0 Å². The van der Waals surface area contributed by atoms with Gasteiger partial charge in [-0.3, -0.25) is 9.59 Å². The van der Waals surface area contributed by atoms with E-state index in [1.165, 1.54) is 0 Å². The lowest BCUT2D eigenvalue weighted by atomic mass is 10.1. The SMILES string of the molecule is CCc1ccccc1OCC(=O)NCc1ccc(NC(=O)CNC(=O)OC(C)(C)C)cc1. The summed E-state index contributed by atoms with van der Waals surface area (Å²) in [6.45, 7) is 7.35. The lowest BCUT2D eigenvalue weighted by Crippen LogP contribution is -2.37. The lowest BCUT2D eigenvalue weighted by molar-refractivity contribution is -0.123. The van der Waals surface area contributed by atoms with E-state index in [9.17, 15) is 14.4 Å². The number of amides is 3. The molecule has 0 aliphatic rings. The number of carbonyl (C=O) groups excluding carboxylic acids is 3. The van der Waals surface area contributed by atoms with Gasteiger partial charge in [-0.1, -0.05) is 37.3 Å². The van der Waals surface area contributed by atoms with Crippen LogP contribution in [-0.2, 0) is 27.3 Å². The molecule has 0 saturated carbocycles. The lowest BCUT2D eigenvalue weighted by Gasteiger charge is -2.19. The van der Waals surface area contributed by atoms with Gasteiger partial charge in [-0.25, -0.2) is 4.79 Å². The van der Waals surface area contributed by atoms with Crippen molar-refractivity contribution < 1.29 is 23.9 Å². The highest BCUT2D eigenvalue weighted by molar-refractivity contribution is 5.93. The molecule has 32 heavy (non-hydrogen) atoms. The molecule has 0 fully saturated rings. The van der Waals surface area contributed by atoms with Gasteiger partial charge in [0.05, 0.1) is 0 Å². The summed E-state index contributed by atoms with van der Waals surface area (Å²) in [4.78, 5) is 35.6. The third-order valence-corrected chi connectivity index (χ3v) is 4.23. The van der Waals surface area contributed by atoms with Crippen LogP contribution in [0, 0.1) is 0 Å². The molecule has 0 aliphatic carbocycles. The molecule has 3 amide bonds. The molecular weight excluding hydrogens is 410 g/mol. The molecule has 0 spiro atoms. The summed E-state index contributed by atoms with van der Waals surface area (Å²) in [5.41, 5.74) is 1.88. The van der Waals surface area contributed by atoms with Crippen LogP contribution in [0.25, 0.3) is 0 Å². The van der Waals surface area contributed by atoms with Crippen LogP contribution in [-0.4, -0.2) is 36.7 Å². The number of ether oxygens (including phenoxy) is 2. The topological polar surface area (TPSA) is 106 Å². The number of rotatable bonds is 9. The molecular formula is C24H31N3O5. The number of aryl methyl sites for hydroxylation is 1. The number of hydrogen-bond acceptors (Lipinski definition) is 5. The predicted molar refractivity (Wildman–Crippen MR) is 122 cm³/mol. The smallest absolute Gasteiger partial charge is 0.408 e. The number of para-hydroxylation sites is 1. The summed E-state index contributed by atoms with van der Waals surface area (Å²) in [6, 6.07) is 14.7. The summed E-state index contributed by atoms with van der Waals surface area (Å²) in [5, 5.41) is 7.89. The van der Waals surface area contributed by atoms with Crippen LogP contribution >= 0.6 is 0 Å². The van der Waals surface area contributed by atoms with Gasteiger partial charge in [-0.2, -0.15) is 0 Å². The van der Waals surface area contributed by atoms with E-state index >= 15 is 0 Å². The number of alkyl carbamates (subject to hydrolysis) is 1. The number of benzene rings is 2. The maximum absolute atomic E-state index is 12.1. The standard InChI is InChI=1S/C24H31N3O5/c1-5-18-8-6-7-9-20(18)31-16-22(29)25-14-17-10-12-19(13-11-17)27-21(28)15-26-23(30)32-24(2,3)4/h6-13H,5,14-16H2,1-4H3,(H,25,29)(H,26,30)(H,27,28). The Balaban J connectivity index is 1.72. The normalized spacial score (nSPS) is 10.8. The monoisotopic (exact) mass is 441 g/mol. The van der Waals surface area contributed by atoms with Crippen molar-refractivity contribution in [2.24, 2.45) is 0 Å². The number of hydrogen-bond donors (Lipinski definition) is 3. The molecule has 8 heteroatoms. The molecule has 0 heterocycles. The van der Waals surface area contributed by atoms with Crippen LogP contribution in [0.5, 0.6) is 5.75 Å². The maximum atomic E-state index is 12.1. The minimum Gasteiger partial charge on any atom is -0.483 e. The zero-order valence-electron chi connectivity index (χ0n) is 19.0. The second-order valence-electron chi connectivity index (χ2n) is 8.13. The highest BCUT2D eigenvalue weighted by atomic mass is 16.6. The summed E-state index contributed by atoms with van der Waals surface area (Å²) < 4.78 is 10.7. The molecule has 2 rings (SSSR count). The van der Waals surface area contributed by atoms with Crippen molar-refractivity contribution in [3.05, 3.63) is 59.7 Å². The minimum atomic E-state index is -0.652. The number of carbonyl (C=O) groups is 3. The summed E-state index contributed by atoms with van der Waals surface area (Å²) >= 11 is 0. The Morgan fingerprint density at radius 3 is 2.25 bits per heavy atom. The minimum absolute atomic E-state index is 0.0597. The zero-order chi connectivity index (χ0) is 23.6. The highest BCUT2D eigenvalue weighted by Gasteiger charge is 2.16. The molecule has 0 radical (unpaired) electrons. The van der Waals surface area contributed by atoms with Gasteiger partial charge in [0.1, 0.15) is 17.9 Å². The Bertz CT molecular complexity index is 920. The fraction of sp³-hybridized carbons (Fsp3) is 0.375. The number of nitrogens with one attached hydrogen (secondary N) is 3. The first-order chi connectivity index (χ1) is 15.2. The molecule has 0 saturated heterocycles. The zero-order valence-corrected chi connectivity index (χ0v) is 19.0. The Kier molecular flexibility index (Phi) is 9.07. The molecule has 0 atom stereocenters. The second-order valence-corrected chi connectivity index (χ2v) is 8.13. The van der Waals surface area contributed by atoms with Crippen LogP contribution in [0.4, 0.5) is 10.5 Å². The van der Waals surface area contributed by atoms with Gasteiger partial charge in [0.25, 0.3) is 5.91 Å². The van der Waals surface area contributed by atoms with Crippen LogP contribution in [0.3, 0.4) is 0 Å². The van der Waals surface area contributed by atoms with Crippen LogP contribution < -0.4 is 20.7 Å². The molecule has 172 valence electrons. The largest absolute Gasteiger partial charge is 0.483 e. The Morgan fingerprint density at radius 2 is 1.59 bits per heavy atom. The van der Waals surface area contributed by atoms with Gasteiger partial charge in [0.2, 0.25) is 5.91 Å². The van der Waals surface area contributed by atoms with E-state index in [0.29, 0.717) is 18.0 Å². The summed E-state index contributed by atoms with van der Waals surface area (Å²) in [5.74, 6) is 0.120. The predicted octanol–water partition coefficient (Wildman–Crippen LogP) is 3.41. The number of anilines is 1. The first-order valence-corrected chi connectivity index (χ1v) is 10.5. The van der Waals surface area contributed by atoms with E-state index in [2.05, 4.69) is 16.0 Å². The van der Waals surface area contributed by atoms with Crippen molar-refractivity contribution in [3.63, 3.8) is 0 Å². The summed E-state index contributed by atoms with van der Waals surface area (Å²) in [6.07, 6.45) is 0.179. The van der Waals surface area contributed by atoms with Crippen molar-refractivity contribution in [1.82, 2.24) is 10.6 Å². The van der Waals surface area contributed by atoms with E-state index in [1.54, 1.807) is 45.0 Å². The second kappa shape index (κ2) is 11.7. The molecule has 0 aromatic heterocycles. The van der Waals surface area contributed by atoms with E-state index in [4.69, 9.17) is 9.47 Å². The average Bonchev–Trinajstić information content (AvgIpc) is 2.75. The van der Waals surface area contributed by atoms with E-state index in [1.807, 2.05) is 31.2 Å². The van der Waals surface area contributed by atoms with E-state index in [0.717, 1.165) is 17.5 Å². The van der Waals surface area contributed by atoms with E-state index in [-0.39, 0.29) is 25.0 Å². The fourth-order valence-corrected chi connectivity index (χ4v) is 2.71. The van der Waals surface area contributed by atoms with E-state index < -0.39 is 11.7 Å². The Labute approximate surface area is 188 Å². The Morgan fingerprint density at radius 1 is 0.906 bits per heavy atom. The van der Waals surface area contributed by atoms with Gasteiger partial charge in [-0.15, -0.1) is 0 Å². The molecule has 3 N–H and O–H groups in total. The molecule has 8 nitrogen and oxygen atoms in total. The fourth-order valence-electron chi connectivity index (χ4n) is 2.71. The van der Waals surface area contributed by atoms with Gasteiger partial charge < -0.3 is 25.4 Å². The quantitative estimate of drug-likeness (QED) is 0.553. The van der Waals surface area contributed by atoms with Crippen molar-refractivity contribution in [2.75, 3.05) is 18.5 Å². The third kappa shape index (κ3) is 9.07. The van der Waals surface area contributed by atoms with Gasteiger partial charge >= 0.3 is 6.09 Å². The first-order valence-electron chi connectivity index (χ1n) is 10.5. The van der Waals surface area contributed by atoms with Crippen molar-refractivity contribution in [1.29, 1.82) is 0 Å². The average molecular weight is 442 g/mol. The Hall–Kier alpha value is -3.55. The van der Waals surface area contributed by atoms with Crippen molar-refractivity contribution in [2.45, 2.75) is 46.3 Å². The van der Waals surface area contributed by atoms with Crippen LogP contribution in [0.1, 0.15) is 38.8 Å². The third-order valence-electron chi connectivity index (χ3n) is 4.23. The molecule has 2 aromatic carbocycles. The van der Waals surface area contributed by atoms with Gasteiger partial charge in [0.15, 0.2) is 6.61 Å². The molecule has 2 aromatic rings. The maximum Gasteiger partial charge on any atom is 0.408 e. The van der Waals surface area contributed by atoms with Gasteiger partial charge in [-0.05, 0) is 56.5 Å². The molecule has 0 aliphatic heterocycles. The van der Waals surface area contributed by atoms with Crippen LogP contribution in [0.15, 0.2) is 48.5 Å². The molecule has 0 unspecified atom stereocenters. The van der Waals surface area contributed by atoms with Crippen molar-refractivity contribution >= 4 is 23.6 Å². The molecule has 0 bridgehead atoms. The first kappa shape index (κ1) is 24.7. The highest BCUT2D eigenvalue weighted by Crippen LogP contribution is 2.18.